The maximum absolute atomic E-state index is 13.4. The van der Waals surface area contributed by atoms with Crippen molar-refractivity contribution in [2.45, 2.75) is 6.54 Å². The minimum Gasteiger partial charge on any atom is -0.287 e. The summed E-state index contributed by atoms with van der Waals surface area (Å²) >= 11 is 0. The highest BCUT2D eigenvalue weighted by Crippen LogP contribution is 2.27. The number of fused-ring (bicyclic) bond motifs is 1. The number of hydrogen-bond acceptors (Lipinski definition) is 4. The van der Waals surface area contributed by atoms with Gasteiger partial charge in [-0.15, -0.1) is 5.10 Å². The lowest BCUT2D eigenvalue weighted by molar-refractivity contribution is 0.103. The van der Waals surface area contributed by atoms with Gasteiger partial charge in [-0.25, -0.2) is 4.68 Å². The van der Waals surface area contributed by atoms with Crippen LogP contribution >= 0.6 is 0 Å². The van der Waals surface area contributed by atoms with Crippen LogP contribution in [0.25, 0.3) is 22.2 Å². The summed E-state index contributed by atoms with van der Waals surface area (Å²) in [5.74, 6) is -0.103. The number of carbonyl (C=O) groups excluding carboxylic acids is 1. The van der Waals surface area contributed by atoms with E-state index in [9.17, 15) is 4.79 Å². The smallest absolute Gasteiger partial charge is 0.213 e. The molecule has 3 aromatic carbocycles. The van der Waals surface area contributed by atoms with Crippen LogP contribution in [0.2, 0.25) is 0 Å². The first-order chi connectivity index (χ1) is 14.3. The van der Waals surface area contributed by atoms with Crippen LogP contribution < -0.4 is 0 Å². The zero-order chi connectivity index (χ0) is 19.6. The molecule has 0 unspecified atom stereocenters. The Balaban J connectivity index is 1.65. The Morgan fingerprint density at radius 3 is 2.48 bits per heavy atom. The van der Waals surface area contributed by atoms with Gasteiger partial charge in [0, 0.05) is 16.5 Å². The second kappa shape index (κ2) is 7.16. The quantitative estimate of drug-likeness (QED) is 0.467. The molecule has 140 valence electrons. The number of aromatic amines is 1. The molecule has 0 aliphatic rings. The van der Waals surface area contributed by atoms with E-state index in [4.69, 9.17) is 0 Å². The molecule has 0 saturated heterocycles. The molecule has 0 fully saturated rings. The van der Waals surface area contributed by atoms with E-state index >= 15 is 0 Å². The molecule has 0 aliphatic heterocycles. The van der Waals surface area contributed by atoms with Crippen LogP contribution in [0.4, 0.5) is 0 Å². The topological polar surface area (TPSA) is 76.5 Å². The monoisotopic (exact) mass is 379 g/mol. The van der Waals surface area contributed by atoms with E-state index < -0.39 is 0 Å². The van der Waals surface area contributed by atoms with Gasteiger partial charge < -0.3 is 0 Å². The first-order valence-electron chi connectivity index (χ1n) is 9.30. The first-order valence-corrected chi connectivity index (χ1v) is 9.30. The molecule has 0 atom stereocenters. The third kappa shape index (κ3) is 3.21. The number of carbonyl (C=O) groups is 1. The lowest BCUT2D eigenvalue weighted by Crippen LogP contribution is -2.13. The van der Waals surface area contributed by atoms with Gasteiger partial charge in [-0.2, -0.15) is 5.10 Å². The molecule has 29 heavy (non-hydrogen) atoms. The average molecular weight is 379 g/mol. The summed E-state index contributed by atoms with van der Waals surface area (Å²) in [4.78, 5) is 13.4. The van der Waals surface area contributed by atoms with Gasteiger partial charge in [0.05, 0.1) is 18.3 Å². The molecule has 6 nitrogen and oxygen atoms in total. The summed E-state index contributed by atoms with van der Waals surface area (Å²) in [5.41, 5.74) is 4.46. The Morgan fingerprint density at radius 2 is 1.69 bits per heavy atom. The zero-order valence-electron chi connectivity index (χ0n) is 15.5. The number of benzene rings is 3. The predicted molar refractivity (Wildman–Crippen MR) is 111 cm³/mol. The van der Waals surface area contributed by atoms with E-state index in [1.807, 2.05) is 78.9 Å². The van der Waals surface area contributed by atoms with Gasteiger partial charge in [0.15, 0.2) is 0 Å². The molecule has 0 amide bonds. The highest BCUT2D eigenvalue weighted by molar-refractivity contribution is 6.11. The van der Waals surface area contributed by atoms with Crippen LogP contribution in [0.1, 0.15) is 21.6 Å². The Morgan fingerprint density at radius 1 is 0.931 bits per heavy atom. The molecule has 0 aliphatic carbocycles. The largest absolute Gasteiger partial charge is 0.287 e. The van der Waals surface area contributed by atoms with Crippen molar-refractivity contribution in [1.29, 1.82) is 0 Å². The van der Waals surface area contributed by atoms with E-state index in [-0.39, 0.29) is 5.78 Å². The standard InChI is InChI=1S/C23H17N5O/c29-23(17-9-5-2-6-10-17)22-21(18-11-12-20-19(13-18)14-24-25-20)26-27-28(22)15-16-7-3-1-4-8-16/h1-14H,15H2,(H,24,25). The van der Waals surface area contributed by atoms with Crippen molar-refractivity contribution in [3.63, 3.8) is 0 Å². The maximum atomic E-state index is 13.4. The van der Waals surface area contributed by atoms with Crippen LogP contribution in [0, 0.1) is 0 Å². The summed E-state index contributed by atoms with van der Waals surface area (Å²) in [7, 11) is 0. The fourth-order valence-electron chi connectivity index (χ4n) is 3.42. The number of hydrogen-bond donors (Lipinski definition) is 1. The van der Waals surface area contributed by atoms with Crippen molar-refractivity contribution >= 4 is 16.7 Å². The lowest BCUT2D eigenvalue weighted by atomic mass is 10.0. The molecule has 0 bridgehead atoms. The Hall–Kier alpha value is -4.06. The molecule has 5 aromatic rings. The average Bonchev–Trinajstić information content (AvgIpc) is 3.41. The maximum Gasteiger partial charge on any atom is 0.213 e. The third-order valence-electron chi connectivity index (χ3n) is 4.87. The molecule has 5 rings (SSSR count). The van der Waals surface area contributed by atoms with Crippen molar-refractivity contribution in [2.24, 2.45) is 0 Å². The van der Waals surface area contributed by atoms with Crippen LogP contribution in [-0.4, -0.2) is 31.0 Å². The molecule has 0 saturated carbocycles. The number of H-pyrrole nitrogens is 1. The molecule has 0 radical (unpaired) electrons. The van der Waals surface area contributed by atoms with Crippen LogP contribution in [0.5, 0.6) is 0 Å². The molecule has 1 N–H and O–H groups in total. The molecule has 2 aromatic heterocycles. The zero-order valence-corrected chi connectivity index (χ0v) is 15.5. The minimum absolute atomic E-state index is 0.103. The Labute approximate surface area is 166 Å². The molecule has 2 heterocycles. The van der Waals surface area contributed by atoms with Gasteiger partial charge in [-0.3, -0.25) is 9.89 Å². The van der Waals surface area contributed by atoms with Crippen molar-refractivity contribution < 1.29 is 4.79 Å². The summed E-state index contributed by atoms with van der Waals surface area (Å²) < 4.78 is 1.68. The molecule has 6 heteroatoms. The second-order valence-corrected chi connectivity index (χ2v) is 6.80. The molecular formula is C23H17N5O. The predicted octanol–water partition coefficient (Wildman–Crippen LogP) is 4.10. The summed E-state index contributed by atoms with van der Waals surface area (Å²) in [6.07, 6.45) is 1.76. The minimum atomic E-state index is -0.103. The van der Waals surface area contributed by atoms with Gasteiger partial charge in [-0.1, -0.05) is 71.9 Å². The van der Waals surface area contributed by atoms with Crippen LogP contribution in [0.15, 0.2) is 85.1 Å². The van der Waals surface area contributed by atoms with Crippen molar-refractivity contribution in [1.82, 2.24) is 25.2 Å². The highest BCUT2D eigenvalue weighted by atomic mass is 16.1. The normalized spacial score (nSPS) is 11.0. The van der Waals surface area contributed by atoms with Crippen LogP contribution in [-0.2, 0) is 6.54 Å². The number of nitrogens with one attached hydrogen (secondary N) is 1. The van der Waals surface area contributed by atoms with E-state index in [2.05, 4.69) is 20.5 Å². The van der Waals surface area contributed by atoms with Gasteiger partial charge in [0.1, 0.15) is 11.4 Å². The summed E-state index contributed by atoms with van der Waals surface area (Å²) in [6.45, 7) is 0.468. The van der Waals surface area contributed by atoms with E-state index in [1.165, 1.54) is 0 Å². The van der Waals surface area contributed by atoms with Crippen molar-refractivity contribution in [2.75, 3.05) is 0 Å². The Bertz CT molecular complexity index is 1290. The number of ketones is 1. The number of rotatable bonds is 5. The number of nitrogens with zero attached hydrogens (tertiary/aromatic N) is 4. The Kier molecular flexibility index (Phi) is 4.22. The summed E-state index contributed by atoms with van der Waals surface area (Å²) in [5, 5.41) is 16.7. The van der Waals surface area contributed by atoms with Gasteiger partial charge >= 0.3 is 0 Å². The number of aromatic nitrogens is 5. The summed E-state index contributed by atoms with van der Waals surface area (Å²) in [6, 6.07) is 25.0. The van der Waals surface area contributed by atoms with Gasteiger partial charge in [-0.05, 0) is 17.7 Å². The van der Waals surface area contributed by atoms with Crippen molar-refractivity contribution in [3.05, 3.63) is 102 Å². The molecule has 0 spiro atoms. The fraction of sp³-hybridized carbons (Fsp3) is 0.0435. The molecular weight excluding hydrogens is 362 g/mol. The van der Waals surface area contributed by atoms with E-state index in [1.54, 1.807) is 10.9 Å². The van der Waals surface area contributed by atoms with Crippen molar-refractivity contribution in [3.8, 4) is 11.3 Å². The fourth-order valence-corrected chi connectivity index (χ4v) is 3.42. The third-order valence-corrected chi connectivity index (χ3v) is 4.87. The van der Waals surface area contributed by atoms with Gasteiger partial charge in [0.25, 0.3) is 0 Å². The van der Waals surface area contributed by atoms with Gasteiger partial charge in [0.2, 0.25) is 5.78 Å². The first kappa shape index (κ1) is 17.1. The second-order valence-electron chi connectivity index (χ2n) is 6.80. The lowest BCUT2D eigenvalue weighted by Gasteiger charge is -2.08. The SMILES string of the molecule is O=C(c1ccccc1)c1c(-c2ccc3[nH]ncc3c2)nnn1Cc1ccccc1. The van der Waals surface area contributed by atoms with Crippen LogP contribution in [0.3, 0.4) is 0 Å². The highest BCUT2D eigenvalue weighted by Gasteiger charge is 2.23. The van der Waals surface area contributed by atoms with E-state index in [0.717, 1.165) is 22.0 Å². The van der Waals surface area contributed by atoms with E-state index in [0.29, 0.717) is 23.5 Å².